The molecule has 1 aliphatic carbocycles. The van der Waals surface area contributed by atoms with Gasteiger partial charge in [0, 0.05) is 44.1 Å². The van der Waals surface area contributed by atoms with Crippen molar-refractivity contribution in [3.63, 3.8) is 0 Å². The van der Waals surface area contributed by atoms with E-state index in [1.807, 2.05) is 17.2 Å². The van der Waals surface area contributed by atoms with E-state index in [2.05, 4.69) is 16.8 Å². The third kappa shape index (κ3) is 3.58. The van der Waals surface area contributed by atoms with Gasteiger partial charge in [0.05, 0.1) is 19.1 Å². The number of hydrogen-bond acceptors (Lipinski definition) is 4. The molecule has 6 heteroatoms. The molecule has 0 unspecified atom stereocenters. The van der Waals surface area contributed by atoms with Gasteiger partial charge in [-0.2, -0.15) is 0 Å². The van der Waals surface area contributed by atoms with E-state index in [4.69, 9.17) is 4.74 Å². The third-order valence-corrected chi connectivity index (χ3v) is 4.88. The van der Waals surface area contributed by atoms with Gasteiger partial charge in [0.1, 0.15) is 0 Å². The molecule has 2 aliphatic rings. The Labute approximate surface area is 136 Å². The quantitative estimate of drug-likeness (QED) is 0.837. The Morgan fingerprint density at radius 3 is 2.78 bits per heavy atom. The molecule has 0 spiro atoms. The monoisotopic (exact) mass is 319 g/mol. The second kappa shape index (κ2) is 6.74. The molecule has 1 amide bonds. The van der Waals surface area contributed by atoms with Crippen molar-refractivity contribution in [2.45, 2.75) is 38.1 Å². The van der Waals surface area contributed by atoms with Crippen molar-refractivity contribution in [3.05, 3.63) is 23.5 Å². The lowest BCUT2D eigenvalue weighted by molar-refractivity contribution is -0.141. The molecule has 0 bridgehead atoms. The minimum Gasteiger partial charge on any atom is -0.469 e. The van der Waals surface area contributed by atoms with Crippen LogP contribution in [0.15, 0.2) is 12.3 Å². The van der Waals surface area contributed by atoms with E-state index in [0.717, 1.165) is 17.8 Å². The highest BCUT2D eigenvalue weighted by Crippen LogP contribution is 2.41. The molecule has 1 atom stereocenters. The predicted octanol–water partition coefficient (Wildman–Crippen LogP) is 1.60. The summed E-state index contributed by atoms with van der Waals surface area (Å²) in [5.41, 5.74) is 1.94. The Hall–Kier alpha value is -1.82. The average molecular weight is 319 g/mol. The van der Waals surface area contributed by atoms with Crippen LogP contribution in [0.25, 0.3) is 0 Å². The Morgan fingerprint density at radius 1 is 1.35 bits per heavy atom. The van der Waals surface area contributed by atoms with Gasteiger partial charge in [-0.1, -0.05) is 0 Å². The van der Waals surface area contributed by atoms with Crippen LogP contribution < -0.4 is 0 Å². The van der Waals surface area contributed by atoms with Crippen LogP contribution >= 0.6 is 0 Å². The van der Waals surface area contributed by atoms with Crippen LogP contribution in [0.1, 0.15) is 48.2 Å². The predicted molar refractivity (Wildman–Crippen MR) is 86.3 cm³/mol. The number of carbonyl (C=O) groups is 2. The topological polar surface area (TPSA) is 65.6 Å². The van der Waals surface area contributed by atoms with Crippen molar-refractivity contribution in [2.75, 3.05) is 33.3 Å². The summed E-state index contributed by atoms with van der Waals surface area (Å²) in [5, 5.41) is 0. The molecule has 126 valence electrons. The Bertz CT molecular complexity index is 579. The molecule has 1 aliphatic heterocycles. The summed E-state index contributed by atoms with van der Waals surface area (Å²) in [6, 6.07) is 2.16. The van der Waals surface area contributed by atoms with Gasteiger partial charge in [-0.25, -0.2) is 0 Å². The molecule has 1 saturated heterocycles. The number of ether oxygens (including phenoxy) is 1. The second-order valence-electron chi connectivity index (χ2n) is 6.54. The van der Waals surface area contributed by atoms with Gasteiger partial charge in [-0.15, -0.1) is 0 Å². The maximum Gasteiger partial charge on any atom is 0.306 e. The first kappa shape index (κ1) is 16.1. The molecule has 0 aromatic carbocycles. The summed E-state index contributed by atoms with van der Waals surface area (Å²) in [7, 11) is 1.41. The van der Waals surface area contributed by atoms with E-state index in [1.165, 1.54) is 20.0 Å². The summed E-state index contributed by atoms with van der Waals surface area (Å²) in [6.07, 6.45) is 4.63. The molecule has 6 nitrogen and oxygen atoms in total. The van der Waals surface area contributed by atoms with Gasteiger partial charge in [0.15, 0.2) is 0 Å². The van der Waals surface area contributed by atoms with Crippen LogP contribution in [-0.4, -0.2) is 66.0 Å². The van der Waals surface area contributed by atoms with Crippen molar-refractivity contribution in [1.29, 1.82) is 0 Å². The zero-order chi connectivity index (χ0) is 16.4. The first-order valence-corrected chi connectivity index (χ1v) is 8.37. The van der Waals surface area contributed by atoms with Crippen molar-refractivity contribution in [1.82, 2.24) is 14.8 Å². The minimum absolute atomic E-state index is 0.132. The zero-order valence-corrected chi connectivity index (χ0v) is 13.9. The van der Waals surface area contributed by atoms with Gasteiger partial charge in [-0.05, 0) is 31.7 Å². The number of amides is 1. The van der Waals surface area contributed by atoms with Gasteiger partial charge in [-0.3, -0.25) is 14.5 Å². The number of H-pyrrole nitrogens is 1. The van der Waals surface area contributed by atoms with E-state index in [-0.39, 0.29) is 17.9 Å². The molecule has 3 rings (SSSR count). The van der Waals surface area contributed by atoms with Crippen LogP contribution in [0, 0.1) is 0 Å². The Balaban J connectivity index is 1.57. The van der Waals surface area contributed by atoms with Crippen molar-refractivity contribution in [2.24, 2.45) is 0 Å². The molecule has 1 aromatic rings. The lowest BCUT2D eigenvalue weighted by atomic mass is 10.1. The molecular weight excluding hydrogens is 294 g/mol. The van der Waals surface area contributed by atoms with Crippen LogP contribution in [0.4, 0.5) is 0 Å². The molecule has 2 heterocycles. The number of piperazine rings is 1. The fourth-order valence-electron chi connectivity index (χ4n) is 3.30. The molecule has 23 heavy (non-hydrogen) atoms. The van der Waals surface area contributed by atoms with E-state index in [9.17, 15) is 9.59 Å². The van der Waals surface area contributed by atoms with Gasteiger partial charge in [0.25, 0.3) is 5.91 Å². The first-order chi connectivity index (χ1) is 11.1. The lowest BCUT2D eigenvalue weighted by Gasteiger charge is -2.39. The van der Waals surface area contributed by atoms with Crippen molar-refractivity contribution in [3.8, 4) is 0 Å². The highest BCUT2D eigenvalue weighted by atomic mass is 16.5. The number of nitrogens with one attached hydrogen (secondary N) is 1. The smallest absolute Gasteiger partial charge is 0.306 e. The summed E-state index contributed by atoms with van der Waals surface area (Å²) < 4.78 is 4.69. The number of nitrogens with zero attached hydrogens (tertiary/aromatic N) is 2. The largest absolute Gasteiger partial charge is 0.469 e. The highest BCUT2D eigenvalue weighted by Gasteiger charge is 2.33. The SMILES string of the molecule is COC(=O)CCN1CCN(C(=O)c2cc[nH]c2C2CC2)C[C@@H]1C. The number of rotatable bonds is 5. The molecule has 2 fully saturated rings. The normalized spacial score (nSPS) is 22.2. The average Bonchev–Trinajstić information content (AvgIpc) is 3.29. The van der Waals surface area contributed by atoms with Gasteiger partial charge >= 0.3 is 5.97 Å². The summed E-state index contributed by atoms with van der Waals surface area (Å²) >= 11 is 0. The number of esters is 1. The fraction of sp³-hybridized carbons (Fsp3) is 0.647. The molecular formula is C17H25N3O3. The van der Waals surface area contributed by atoms with E-state index >= 15 is 0 Å². The third-order valence-electron chi connectivity index (χ3n) is 4.88. The van der Waals surface area contributed by atoms with Gasteiger partial charge < -0.3 is 14.6 Å². The Morgan fingerprint density at radius 2 is 2.13 bits per heavy atom. The molecule has 0 radical (unpaired) electrons. The number of hydrogen-bond donors (Lipinski definition) is 1. The van der Waals surface area contributed by atoms with Crippen molar-refractivity contribution < 1.29 is 14.3 Å². The van der Waals surface area contributed by atoms with E-state index in [1.54, 1.807) is 0 Å². The molecule has 1 aromatic heterocycles. The second-order valence-corrected chi connectivity index (χ2v) is 6.54. The number of carbonyl (C=O) groups excluding carboxylic acids is 2. The summed E-state index contributed by atoms with van der Waals surface area (Å²) in [4.78, 5) is 31.5. The van der Waals surface area contributed by atoms with Crippen LogP contribution in [-0.2, 0) is 9.53 Å². The number of methoxy groups -OCH3 is 1. The first-order valence-electron chi connectivity index (χ1n) is 8.37. The van der Waals surface area contributed by atoms with Crippen LogP contribution in [0.3, 0.4) is 0 Å². The lowest BCUT2D eigenvalue weighted by Crippen LogP contribution is -2.54. The molecule has 1 saturated carbocycles. The van der Waals surface area contributed by atoms with E-state index in [0.29, 0.717) is 32.0 Å². The zero-order valence-electron chi connectivity index (χ0n) is 13.9. The summed E-state index contributed by atoms with van der Waals surface area (Å²) in [6.45, 7) is 5.00. The van der Waals surface area contributed by atoms with E-state index < -0.39 is 0 Å². The number of aromatic nitrogens is 1. The summed E-state index contributed by atoms with van der Waals surface area (Å²) in [5.74, 6) is 0.493. The minimum atomic E-state index is -0.183. The fourth-order valence-corrected chi connectivity index (χ4v) is 3.30. The maximum absolute atomic E-state index is 12.8. The molecule has 1 N–H and O–H groups in total. The highest BCUT2D eigenvalue weighted by molar-refractivity contribution is 5.95. The Kier molecular flexibility index (Phi) is 4.71. The van der Waals surface area contributed by atoms with Crippen LogP contribution in [0.2, 0.25) is 0 Å². The van der Waals surface area contributed by atoms with Crippen molar-refractivity contribution >= 4 is 11.9 Å². The maximum atomic E-state index is 12.8. The number of aromatic amines is 1. The standard InChI is InChI=1S/C17H25N3O3/c1-12-11-20(10-9-19(12)8-6-15(21)23-2)17(22)14-5-7-18-16(14)13-3-4-13/h5,7,12-13,18H,3-4,6,8-11H2,1-2H3/t12-/m0/s1. The van der Waals surface area contributed by atoms with Crippen LogP contribution in [0.5, 0.6) is 0 Å². The van der Waals surface area contributed by atoms with Gasteiger partial charge in [0.2, 0.25) is 0 Å².